The van der Waals surface area contributed by atoms with Crippen LogP contribution in [0.1, 0.15) is 18.1 Å². The van der Waals surface area contributed by atoms with Crippen LogP contribution < -0.4 is 0 Å². The van der Waals surface area contributed by atoms with Crippen LogP contribution in [0.5, 0.6) is 0 Å². The molecule has 0 amide bonds. The zero-order chi connectivity index (χ0) is 15.1. The van der Waals surface area contributed by atoms with E-state index in [-0.39, 0.29) is 5.38 Å². The summed E-state index contributed by atoms with van der Waals surface area (Å²) in [5.41, 5.74) is 2.80. The lowest BCUT2D eigenvalue weighted by Crippen LogP contribution is -2.02. The summed E-state index contributed by atoms with van der Waals surface area (Å²) < 4.78 is 3.96. The first-order valence-electron chi connectivity index (χ1n) is 6.25. The molecule has 2 nitrogen and oxygen atoms in total. The van der Waals surface area contributed by atoms with E-state index < -0.39 is 0 Å². The van der Waals surface area contributed by atoms with Gasteiger partial charge in [0.05, 0.1) is 22.1 Å². The Morgan fingerprint density at radius 2 is 1.90 bits per heavy atom. The summed E-state index contributed by atoms with van der Waals surface area (Å²) in [6.07, 6.45) is 0. The number of aromatic nitrogens is 2. The van der Waals surface area contributed by atoms with E-state index in [1.54, 1.807) is 0 Å². The van der Waals surface area contributed by atoms with Crippen LogP contribution in [0, 0.1) is 0 Å². The molecule has 1 atom stereocenters. The lowest BCUT2D eigenvalue weighted by molar-refractivity contribution is 0.880. The number of rotatable bonds is 2. The Hall–Kier alpha value is -0.550. The summed E-state index contributed by atoms with van der Waals surface area (Å²) >= 11 is 19.6. The molecule has 1 aromatic heterocycles. The molecule has 0 aliphatic carbocycles. The highest BCUT2D eigenvalue weighted by Gasteiger charge is 2.18. The van der Waals surface area contributed by atoms with Crippen molar-refractivity contribution in [1.29, 1.82) is 0 Å². The van der Waals surface area contributed by atoms with Crippen LogP contribution in [0.4, 0.5) is 0 Å². The summed E-state index contributed by atoms with van der Waals surface area (Å²) in [5.74, 6) is 0.785. The molecular weight excluding hydrogens is 439 g/mol. The highest BCUT2D eigenvalue weighted by atomic mass is 79.9. The van der Waals surface area contributed by atoms with Crippen molar-refractivity contribution in [3.8, 4) is 5.69 Å². The van der Waals surface area contributed by atoms with Gasteiger partial charge in [0, 0.05) is 14.0 Å². The number of fused-ring (bicyclic) bond motifs is 1. The monoisotopic (exact) mass is 446 g/mol. The maximum Gasteiger partial charge on any atom is 0.132 e. The van der Waals surface area contributed by atoms with Crippen molar-refractivity contribution in [3.63, 3.8) is 0 Å². The molecule has 0 aliphatic rings. The van der Waals surface area contributed by atoms with Crippen molar-refractivity contribution in [3.05, 3.63) is 56.2 Å². The number of hydrogen-bond acceptors (Lipinski definition) is 1. The Morgan fingerprint density at radius 3 is 2.62 bits per heavy atom. The van der Waals surface area contributed by atoms with Gasteiger partial charge in [-0.1, -0.05) is 27.5 Å². The maximum absolute atomic E-state index is 6.32. The average molecular weight is 449 g/mol. The zero-order valence-corrected chi connectivity index (χ0v) is 15.6. The van der Waals surface area contributed by atoms with E-state index in [4.69, 9.17) is 23.2 Å². The molecule has 0 saturated heterocycles. The van der Waals surface area contributed by atoms with Gasteiger partial charge in [-0.05, 0) is 59.3 Å². The average Bonchev–Trinajstić information content (AvgIpc) is 2.80. The van der Waals surface area contributed by atoms with Crippen LogP contribution in [0.15, 0.2) is 45.3 Å². The minimum absolute atomic E-state index is 0.220. The Bertz CT molecular complexity index is 828. The third-order valence-electron chi connectivity index (χ3n) is 3.15. The van der Waals surface area contributed by atoms with Crippen LogP contribution in [-0.2, 0) is 0 Å². The van der Waals surface area contributed by atoms with E-state index in [9.17, 15) is 0 Å². The highest BCUT2D eigenvalue weighted by molar-refractivity contribution is 9.10. The van der Waals surface area contributed by atoms with Gasteiger partial charge in [0.1, 0.15) is 5.82 Å². The van der Waals surface area contributed by atoms with Crippen molar-refractivity contribution in [2.45, 2.75) is 12.3 Å². The van der Waals surface area contributed by atoms with Gasteiger partial charge in [0.2, 0.25) is 0 Å². The molecular formula is C15H10Br2Cl2N2. The molecule has 6 heteroatoms. The molecule has 0 saturated carbocycles. The number of alkyl halides is 1. The second kappa shape index (κ2) is 5.92. The predicted octanol–water partition coefficient (Wildman–Crippen LogP) is 6.50. The van der Waals surface area contributed by atoms with Gasteiger partial charge in [-0.2, -0.15) is 0 Å². The van der Waals surface area contributed by atoms with Gasteiger partial charge in [0.15, 0.2) is 0 Å². The summed E-state index contributed by atoms with van der Waals surface area (Å²) in [5, 5.41) is 0.445. The van der Waals surface area contributed by atoms with E-state index >= 15 is 0 Å². The Balaban J connectivity index is 2.41. The van der Waals surface area contributed by atoms with Crippen LogP contribution >= 0.6 is 55.1 Å². The third kappa shape index (κ3) is 2.87. The molecule has 1 heterocycles. The van der Waals surface area contributed by atoms with E-state index in [1.807, 2.05) is 47.9 Å². The minimum atomic E-state index is -0.220. The summed E-state index contributed by atoms with van der Waals surface area (Å²) in [6.45, 7) is 1.91. The summed E-state index contributed by atoms with van der Waals surface area (Å²) in [6, 6.07) is 11.6. The van der Waals surface area contributed by atoms with Gasteiger partial charge in [-0.15, -0.1) is 11.6 Å². The van der Waals surface area contributed by atoms with Gasteiger partial charge in [-0.25, -0.2) is 4.98 Å². The molecule has 0 spiro atoms. The van der Waals surface area contributed by atoms with Crippen molar-refractivity contribution in [2.75, 3.05) is 0 Å². The fraction of sp³-hybridized carbons (Fsp3) is 0.133. The van der Waals surface area contributed by atoms with Crippen LogP contribution in [0.3, 0.4) is 0 Å². The van der Waals surface area contributed by atoms with Crippen molar-refractivity contribution in [1.82, 2.24) is 9.55 Å². The highest BCUT2D eigenvalue weighted by Crippen LogP contribution is 2.33. The number of halogens is 4. The zero-order valence-electron chi connectivity index (χ0n) is 10.9. The largest absolute Gasteiger partial charge is 0.294 e. The first-order valence-corrected chi connectivity index (χ1v) is 8.65. The quantitative estimate of drug-likeness (QED) is 0.409. The first-order chi connectivity index (χ1) is 9.97. The molecule has 2 aromatic carbocycles. The van der Waals surface area contributed by atoms with Crippen molar-refractivity contribution in [2.24, 2.45) is 0 Å². The van der Waals surface area contributed by atoms with E-state index in [1.165, 1.54) is 0 Å². The van der Waals surface area contributed by atoms with E-state index in [0.717, 1.165) is 31.5 Å². The Morgan fingerprint density at radius 1 is 1.14 bits per heavy atom. The van der Waals surface area contributed by atoms with Gasteiger partial charge in [-0.3, -0.25) is 4.57 Å². The summed E-state index contributed by atoms with van der Waals surface area (Å²) in [4.78, 5) is 4.65. The third-order valence-corrected chi connectivity index (χ3v) is 4.74. The topological polar surface area (TPSA) is 17.8 Å². The van der Waals surface area contributed by atoms with Gasteiger partial charge < -0.3 is 0 Å². The molecule has 21 heavy (non-hydrogen) atoms. The molecule has 3 aromatic rings. The lowest BCUT2D eigenvalue weighted by Gasteiger charge is -2.13. The molecule has 0 N–H and O–H groups in total. The number of imidazole rings is 1. The van der Waals surface area contributed by atoms with Crippen molar-refractivity contribution < 1.29 is 0 Å². The molecule has 0 radical (unpaired) electrons. The van der Waals surface area contributed by atoms with E-state index in [2.05, 4.69) is 36.8 Å². The fourth-order valence-electron chi connectivity index (χ4n) is 2.24. The Kier molecular flexibility index (Phi) is 4.33. The number of nitrogens with zero attached hydrogens (tertiary/aromatic N) is 2. The standard InChI is InChI=1S/C15H10Br2Cl2N2/c1-8(18)15-20-12-5-2-9(16)6-14(12)21(15)13-7-10(19)3-4-11(13)17/h2-8H,1H3. The van der Waals surface area contributed by atoms with Crippen LogP contribution in [0.2, 0.25) is 5.02 Å². The van der Waals surface area contributed by atoms with Gasteiger partial charge in [0.25, 0.3) is 0 Å². The molecule has 3 rings (SSSR count). The number of benzene rings is 2. The first kappa shape index (κ1) is 15.3. The second-order valence-corrected chi connectivity index (χ2v) is 7.51. The molecule has 108 valence electrons. The second-order valence-electron chi connectivity index (χ2n) is 4.65. The Labute approximate surface area is 149 Å². The lowest BCUT2D eigenvalue weighted by atomic mass is 10.2. The van der Waals surface area contributed by atoms with E-state index in [0.29, 0.717) is 5.02 Å². The minimum Gasteiger partial charge on any atom is -0.294 e. The smallest absolute Gasteiger partial charge is 0.132 e. The van der Waals surface area contributed by atoms with Crippen molar-refractivity contribution >= 4 is 66.1 Å². The molecule has 1 unspecified atom stereocenters. The predicted molar refractivity (Wildman–Crippen MR) is 95.7 cm³/mol. The van der Waals surface area contributed by atoms with Crippen LogP contribution in [-0.4, -0.2) is 9.55 Å². The molecule has 0 bridgehead atoms. The number of hydrogen-bond donors (Lipinski definition) is 0. The summed E-state index contributed by atoms with van der Waals surface area (Å²) in [7, 11) is 0. The molecule has 0 aliphatic heterocycles. The maximum atomic E-state index is 6.32. The normalized spacial score (nSPS) is 12.8. The molecule has 0 fully saturated rings. The van der Waals surface area contributed by atoms with Crippen LogP contribution in [0.25, 0.3) is 16.7 Å². The van der Waals surface area contributed by atoms with Gasteiger partial charge >= 0.3 is 0 Å². The SMILES string of the molecule is CC(Cl)c1nc2ccc(Br)cc2n1-c1cc(Cl)ccc1Br. The fourth-order valence-corrected chi connectivity index (χ4v) is 3.33.